The summed E-state index contributed by atoms with van der Waals surface area (Å²) in [5, 5.41) is 3.21. The van der Waals surface area contributed by atoms with Gasteiger partial charge in [0, 0.05) is 12.7 Å². The van der Waals surface area contributed by atoms with Gasteiger partial charge in [-0.15, -0.1) is 0 Å². The fourth-order valence-corrected chi connectivity index (χ4v) is 1.50. The Morgan fingerprint density at radius 2 is 2.16 bits per heavy atom. The Morgan fingerprint density at radius 1 is 1.53 bits per heavy atom. The number of pyridine rings is 1. The van der Waals surface area contributed by atoms with Crippen LogP contribution in [0.3, 0.4) is 0 Å². The number of hydrogen-bond donors (Lipinski definition) is 3. The van der Waals surface area contributed by atoms with Crippen LogP contribution in [0.25, 0.3) is 0 Å². The van der Waals surface area contributed by atoms with Gasteiger partial charge in [0.2, 0.25) is 0 Å². The lowest BCUT2D eigenvalue weighted by Gasteiger charge is -2.29. The first-order chi connectivity index (χ1) is 8.77. The van der Waals surface area contributed by atoms with E-state index >= 15 is 0 Å². The molecule has 19 heavy (non-hydrogen) atoms. The summed E-state index contributed by atoms with van der Waals surface area (Å²) < 4.78 is 0. The molecule has 5 nitrogen and oxygen atoms in total. The van der Waals surface area contributed by atoms with Crippen LogP contribution in [0.5, 0.6) is 0 Å². The van der Waals surface area contributed by atoms with Gasteiger partial charge in [0.15, 0.2) is 5.82 Å². The predicted octanol–water partition coefficient (Wildman–Crippen LogP) is 2.43. The molecule has 0 radical (unpaired) electrons. The monoisotopic (exact) mass is 284 g/mol. The second-order valence-corrected chi connectivity index (χ2v) is 5.93. The number of aromatic nitrogens is 1. The number of anilines is 1. The lowest BCUT2D eigenvalue weighted by Crippen LogP contribution is -2.37. The van der Waals surface area contributed by atoms with E-state index < -0.39 is 0 Å². The molecule has 1 aromatic heterocycles. The van der Waals surface area contributed by atoms with Crippen molar-refractivity contribution >= 4 is 23.3 Å². The number of amides is 1. The van der Waals surface area contributed by atoms with Gasteiger partial charge < -0.3 is 10.7 Å². The number of hydrazine groups is 1. The molecule has 1 amide bonds. The first-order valence-corrected chi connectivity index (χ1v) is 6.56. The maximum Gasteiger partial charge on any atom is 0.252 e. The van der Waals surface area contributed by atoms with Crippen molar-refractivity contribution in [1.82, 2.24) is 10.3 Å². The van der Waals surface area contributed by atoms with Crippen LogP contribution in [0.4, 0.5) is 5.82 Å². The zero-order valence-corrected chi connectivity index (χ0v) is 12.5. The molecule has 106 valence electrons. The Labute approximate surface area is 118 Å². The molecule has 0 aliphatic rings. The van der Waals surface area contributed by atoms with Gasteiger partial charge in [0.05, 0.1) is 10.6 Å². The van der Waals surface area contributed by atoms with Crippen molar-refractivity contribution < 1.29 is 4.79 Å². The van der Waals surface area contributed by atoms with E-state index in [1.54, 1.807) is 6.07 Å². The zero-order valence-electron chi connectivity index (χ0n) is 11.7. The number of carbonyl (C=O) groups is 1. The van der Waals surface area contributed by atoms with Crippen LogP contribution in [0.1, 0.15) is 38.1 Å². The summed E-state index contributed by atoms with van der Waals surface area (Å²) in [5.74, 6) is 5.86. The minimum absolute atomic E-state index is 0.0334. The normalized spacial score (nSPS) is 11.5. The quantitative estimate of drug-likeness (QED) is 0.573. The van der Waals surface area contributed by atoms with Crippen molar-refractivity contribution in [3.05, 3.63) is 22.8 Å². The van der Waals surface area contributed by atoms with E-state index in [0.717, 1.165) is 0 Å². The van der Waals surface area contributed by atoms with Gasteiger partial charge in [0.1, 0.15) is 0 Å². The van der Waals surface area contributed by atoms with Crippen LogP contribution >= 0.6 is 11.6 Å². The number of nitrogens with one attached hydrogen (secondary N) is 2. The first kappa shape index (κ1) is 15.7. The average Bonchev–Trinajstić information content (AvgIpc) is 2.35. The van der Waals surface area contributed by atoms with E-state index in [9.17, 15) is 4.79 Å². The second-order valence-electron chi connectivity index (χ2n) is 5.52. The lowest BCUT2D eigenvalue weighted by atomic mass is 9.81. The lowest BCUT2D eigenvalue weighted by molar-refractivity contribution is 0.0924. The van der Waals surface area contributed by atoms with E-state index in [-0.39, 0.29) is 11.3 Å². The SMILES string of the molecule is CC(C)C(C)(C)CNC(=O)c1cnc(NN)c(Cl)c1. The number of nitrogens with zero attached hydrogens (tertiary/aromatic N) is 1. The molecular weight excluding hydrogens is 264 g/mol. The Bertz CT molecular complexity index is 460. The molecule has 1 rings (SSSR count). The van der Waals surface area contributed by atoms with Crippen molar-refractivity contribution in [2.24, 2.45) is 17.2 Å². The highest BCUT2D eigenvalue weighted by atomic mass is 35.5. The molecule has 6 heteroatoms. The summed E-state index contributed by atoms with van der Waals surface area (Å²) in [6.07, 6.45) is 1.44. The molecule has 0 atom stereocenters. The van der Waals surface area contributed by atoms with Crippen molar-refractivity contribution in [3.63, 3.8) is 0 Å². The molecule has 1 heterocycles. The number of halogens is 1. The van der Waals surface area contributed by atoms with Crippen LogP contribution < -0.4 is 16.6 Å². The molecule has 0 fully saturated rings. The summed E-state index contributed by atoms with van der Waals surface area (Å²) in [7, 11) is 0. The van der Waals surface area contributed by atoms with E-state index in [2.05, 4.69) is 43.4 Å². The number of rotatable bonds is 5. The van der Waals surface area contributed by atoms with Gasteiger partial charge in [-0.3, -0.25) is 4.79 Å². The molecule has 0 saturated carbocycles. The zero-order chi connectivity index (χ0) is 14.6. The van der Waals surface area contributed by atoms with Gasteiger partial charge in [-0.2, -0.15) is 0 Å². The topological polar surface area (TPSA) is 80.0 Å². The fraction of sp³-hybridized carbons (Fsp3) is 0.538. The van der Waals surface area contributed by atoms with Crippen LogP contribution in [-0.4, -0.2) is 17.4 Å². The standard InChI is InChI=1S/C13H21ClN4O/c1-8(2)13(3,4)7-17-12(19)9-5-10(14)11(18-15)16-6-9/h5-6,8H,7,15H2,1-4H3,(H,16,18)(H,17,19). The molecule has 0 aliphatic heterocycles. The highest BCUT2D eigenvalue weighted by molar-refractivity contribution is 6.33. The minimum atomic E-state index is -0.188. The summed E-state index contributed by atoms with van der Waals surface area (Å²) >= 11 is 5.93. The predicted molar refractivity (Wildman–Crippen MR) is 78.0 cm³/mol. The van der Waals surface area contributed by atoms with E-state index in [1.165, 1.54) is 6.20 Å². The number of nitrogen functional groups attached to an aromatic ring is 1. The van der Waals surface area contributed by atoms with Gasteiger partial charge in [0.25, 0.3) is 5.91 Å². The summed E-state index contributed by atoms with van der Waals surface area (Å²) in [4.78, 5) is 16.0. The maximum absolute atomic E-state index is 12.0. The molecular formula is C13H21ClN4O. The van der Waals surface area contributed by atoms with Crippen molar-refractivity contribution in [1.29, 1.82) is 0 Å². The first-order valence-electron chi connectivity index (χ1n) is 6.18. The summed E-state index contributed by atoms with van der Waals surface area (Å²) in [6.45, 7) is 9.09. The van der Waals surface area contributed by atoms with Gasteiger partial charge >= 0.3 is 0 Å². The average molecular weight is 285 g/mol. The third-order valence-corrected chi connectivity index (χ3v) is 3.80. The Morgan fingerprint density at radius 3 is 2.63 bits per heavy atom. The van der Waals surface area contributed by atoms with E-state index in [4.69, 9.17) is 17.4 Å². The Balaban J connectivity index is 2.72. The van der Waals surface area contributed by atoms with Crippen molar-refractivity contribution in [2.45, 2.75) is 27.7 Å². The van der Waals surface area contributed by atoms with Gasteiger partial charge in [-0.1, -0.05) is 39.3 Å². The van der Waals surface area contributed by atoms with Gasteiger partial charge in [-0.05, 0) is 17.4 Å². The van der Waals surface area contributed by atoms with Crippen LogP contribution in [0, 0.1) is 11.3 Å². The largest absolute Gasteiger partial charge is 0.351 e. The smallest absolute Gasteiger partial charge is 0.252 e. The molecule has 0 saturated heterocycles. The maximum atomic E-state index is 12.0. The van der Waals surface area contributed by atoms with Crippen LogP contribution in [0.15, 0.2) is 12.3 Å². The van der Waals surface area contributed by atoms with Crippen molar-refractivity contribution in [3.8, 4) is 0 Å². The molecule has 0 unspecified atom stereocenters. The molecule has 0 aromatic carbocycles. The number of nitrogens with two attached hydrogens (primary N) is 1. The molecule has 0 aliphatic carbocycles. The third kappa shape index (κ3) is 4.08. The second kappa shape index (κ2) is 6.21. The van der Waals surface area contributed by atoms with Gasteiger partial charge in [-0.25, -0.2) is 10.8 Å². The van der Waals surface area contributed by atoms with Crippen LogP contribution in [-0.2, 0) is 0 Å². The third-order valence-electron chi connectivity index (χ3n) is 3.51. The minimum Gasteiger partial charge on any atom is -0.351 e. The van der Waals surface area contributed by atoms with Crippen LogP contribution in [0.2, 0.25) is 5.02 Å². The molecule has 0 spiro atoms. The Kier molecular flexibility index (Phi) is 5.14. The molecule has 0 bridgehead atoms. The number of hydrogen-bond acceptors (Lipinski definition) is 4. The molecule has 4 N–H and O–H groups in total. The highest BCUT2D eigenvalue weighted by Crippen LogP contribution is 2.25. The number of carbonyl (C=O) groups excluding carboxylic acids is 1. The fourth-order valence-electron chi connectivity index (χ4n) is 1.28. The Hall–Kier alpha value is -1.33. The highest BCUT2D eigenvalue weighted by Gasteiger charge is 2.23. The van der Waals surface area contributed by atoms with E-state index in [1.807, 2.05) is 0 Å². The molecule has 1 aromatic rings. The van der Waals surface area contributed by atoms with E-state index in [0.29, 0.717) is 28.9 Å². The summed E-state index contributed by atoms with van der Waals surface area (Å²) in [5.41, 5.74) is 2.81. The van der Waals surface area contributed by atoms with Crippen molar-refractivity contribution in [2.75, 3.05) is 12.0 Å². The summed E-state index contributed by atoms with van der Waals surface area (Å²) in [6, 6.07) is 1.54.